The van der Waals surface area contributed by atoms with Crippen molar-refractivity contribution in [3.05, 3.63) is 58.4 Å². The van der Waals surface area contributed by atoms with Gasteiger partial charge in [0.05, 0.1) is 0 Å². The molecule has 0 spiro atoms. The quantitative estimate of drug-likeness (QED) is 0.195. The van der Waals surface area contributed by atoms with Crippen molar-refractivity contribution < 1.29 is 104 Å². The largest absolute Gasteiger partial charge is 0.476 e. The molecule has 0 aromatic heterocycles. The second-order valence-electron chi connectivity index (χ2n) is 6.99. The number of halogens is 16. The standard InChI is InChI=1S/C7Cl2F4O3S.C7H3Cl2FO3S.C2HF3O3S.C2H2F2O.F2O2S/c8-7(14)1-2(10)4(12)6(17(9,15)16)5(13)3(1)11;8-7(11)4-1-2-6(5(10)3-4)14(9,12)13;3-1(6)2(4)9(5,7)8;3-1-2(4)5;1-5(2,3)4/h;1-3H;2H;1H2;. The van der Waals surface area contributed by atoms with Crippen molar-refractivity contribution >= 4 is 106 Å². The van der Waals surface area contributed by atoms with Gasteiger partial charge in [0.1, 0.15) is 16.3 Å². The van der Waals surface area contributed by atoms with E-state index in [-0.39, 0.29) is 5.56 Å². The van der Waals surface area contributed by atoms with E-state index < -0.39 is 118 Å². The summed E-state index contributed by atoms with van der Waals surface area (Å²) in [6.45, 7) is -1.50. The number of alkyl halides is 2. The highest BCUT2D eigenvalue weighted by Crippen LogP contribution is 2.30. The van der Waals surface area contributed by atoms with Gasteiger partial charge in [0.15, 0.2) is 34.8 Å². The molecule has 0 fully saturated rings. The molecule has 0 aliphatic carbocycles. The van der Waals surface area contributed by atoms with Crippen LogP contribution in [0.3, 0.4) is 0 Å². The predicted octanol–water partition coefficient (Wildman–Crippen LogP) is 5.38. The first kappa shape index (κ1) is 51.6. The third-order valence-electron chi connectivity index (χ3n) is 3.62. The molecule has 0 amide bonds. The van der Waals surface area contributed by atoms with Gasteiger partial charge in [-0.1, -0.05) is 7.77 Å². The molecule has 0 saturated heterocycles. The first-order chi connectivity index (χ1) is 22.0. The van der Waals surface area contributed by atoms with Crippen LogP contribution in [0, 0.1) is 29.1 Å². The molecule has 0 saturated carbocycles. The summed E-state index contributed by atoms with van der Waals surface area (Å²) in [5.74, 6) is -10.2. The summed E-state index contributed by atoms with van der Waals surface area (Å²) in [5.41, 5.74) is -5.54. The summed E-state index contributed by atoms with van der Waals surface area (Å²) in [6.07, 6.45) is 0. The lowest BCUT2D eigenvalue weighted by molar-refractivity contribution is -0.132. The van der Waals surface area contributed by atoms with Gasteiger partial charge in [-0.25, -0.2) is 47.6 Å². The van der Waals surface area contributed by atoms with Gasteiger partial charge in [-0.15, -0.1) is 3.89 Å². The van der Waals surface area contributed by atoms with E-state index in [2.05, 4.69) is 22.3 Å². The lowest BCUT2D eigenvalue weighted by atomic mass is 10.2. The van der Waals surface area contributed by atoms with Crippen LogP contribution in [-0.2, 0) is 48.5 Å². The van der Waals surface area contributed by atoms with Gasteiger partial charge >= 0.3 is 38.4 Å². The first-order valence-electron chi connectivity index (χ1n) is 10.1. The van der Waals surface area contributed by atoms with E-state index in [4.69, 9.17) is 40.3 Å². The Kier molecular flexibility index (Phi) is 21.6. The maximum absolute atomic E-state index is 13.1. The van der Waals surface area contributed by atoms with Crippen LogP contribution in [0.15, 0.2) is 28.0 Å². The van der Waals surface area contributed by atoms with E-state index in [0.717, 1.165) is 12.1 Å². The molecule has 12 nitrogen and oxygen atoms in total. The van der Waals surface area contributed by atoms with Crippen molar-refractivity contribution in [2.75, 3.05) is 6.67 Å². The second-order valence-corrected chi connectivity index (χ2v) is 14.8. The molecule has 2 aromatic carbocycles. The molecule has 0 heterocycles. The molecular formula is C18H6Cl4F12O12S4. The molecule has 0 aliphatic rings. The minimum Gasteiger partial charge on any atom is -0.276 e. The van der Waals surface area contributed by atoms with Gasteiger partial charge in [0, 0.05) is 26.9 Å². The third-order valence-corrected chi connectivity index (χ3v) is 7.37. The van der Waals surface area contributed by atoms with E-state index >= 15 is 0 Å². The number of benzene rings is 2. The molecule has 50 heavy (non-hydrogen) atoms. The highest BCUT2D eigenvalue weighted by Gasteiger charge is 2.34. The lowest BCUT2D eigenvalue weighted by Gasteiger charge is -2.06. The minimum absolute atomic E-state index is 0.131. The topological polar surface area (TPSA) is 205 Å². The van der Waals surface area contributed by atoms with Crippen LogP contribution in [0.1, 0.15) is 20.7 Å². The Morgan fingerprint density at radius 3 is 1.22 bits per heavy atom. The average Bonchev–Trinajstić information content (AvgIpc) is 2.89. The van der Waals surface area contributed by atoms with Crippen LogP contribution in [0.2, 0.25) is 0 Å². The summed E-state index contributed by atoms with van der Waals surface area (Å²) in [6, 6.07) is -2.09. The Morgan fingerprint density at radius 2 is 1.04 bits per heavy atom. The summed E-state index contributed by atoms with van der Waals surface area (Å²) in [5, 5.41) is -2.70. The molecule has 1 atom stereocenters. The maximum Gasteiger partial charge on any atom is 0.476 e. The molecule has 0 radical (unpaired) electrons. The molecule has 2 aromatic rings. The van der Waals surface area contributed by atoms with Crippen molar-refractivity contribution in [3.8, 4) is 0 Å². The van der Waals surface area contributed by atoms with E-state index in [9.17, 15) is 86.0 Å². The highest BCUT2D eigenvalue weighted by atomic mass is 35.7. The molecule has 286 valence electrons. The number of carbonyl (C=O) groups excluding carboxylic acids is 4. The number of hydrogen-bond donors (Lipinski definition) is 0. The Hall–Kier alpha value is -2.76. The summed E-state index contributed by atoms with van der Waals surface area (Å²) in [4.78, 5) is 36.3. The third kappa shape index (κ3) is 20.2. The first-order valence-corrected chi connectivity index (χ1v) is 18.2. The Bertz CT molecular complexity index is 2010. The molecule has 2 rings (SSSR count). The van der Waals surface area contributed by atoms with Crippen molar-refractivity contribution in [1.82, 2.24) is 0 Å². The van der Waals surface area contributed by atoms with Crippen LogP contribution < -0.4 is 0 Å². The van der Waals surface area contributed by atoms with E-state index in [1.807, 2.05) is 0 Å². The zero-order chi connectivity index (χ0) is 40.9. The van der Waals surface area contributed by atoms with Crippen LogP contribution >= 0.6 is 44.6 Å². The Labute approximate surface area is 289 Å². The second kappa shape index (κ2) is 20.9. The smallest absolute Gasteiger partial charge is 0.276 e. The normalized spacial score (nSPS) is 11.8. The average molecular weight is 912 g/mol. The van der Waals surface area contributed by atoms with Gasteiger partial charge in [0.2, 0.25) is 0 Å². The Balaban J connectivity index is -0.000000600. The number of hydrogen-bond acceptors (Lipinski definition) is 12. The fourth-order valence-corrected chi connectivity index (χ4v) is 4.35. The minimum atomic E-state index is -5.69. The van der Waals surface area contributed by atoms with E-state index in [0.29, 0.717) is 6.07 Å². The maximum atomic E-state index is 13.1. The molecule has 0 N–H and O–H groups in total. The molecular weight excluding hydrogens is 906 g/mol. The fourth-order valence-electron chi connectivity index (χ4n) is 1.93. The van der Waals surface area contributed by atoms with Crippen molar-refractivity contribution in [2.45, 2.75) is 15.3 Å². The molecule has 32 heteroatoms. The molecule has 0 aliphatic heterocycles. The highest BCUT2D eigenvalue weighted by molar-refractivity contribution is 8.14. The van der Waals surface area contributed by atoms with Crippen LogP contribution in [-0.4, -0.2) is 68.4 Å². The van der Waals surface area contributed by atoms with Gasteiger partial charge in [0.25, 0.3) is 28.6 Å². The van der Waals surface area contributed by atoms with Crippen LogP contribution in [0.4, 0.5) is 51.2 Å². The van der Waals surface area contributed by atoms with Gasteiger partial charge in [-0.05, 0) is 41.4 Å². The van der Waals surface area contributed by atoms with Gasteiger partial charge in [-0.3, -0.25) is 19.2 Å². The van der Waals surface area contributed by atoms with Crippen molar-refractivity contribution in [1.29, 1.82) is 0 Å². The predicted molar refractivity (Wildman–Crippen MR) is 143 cm³/mol. The van der Waals surface area contributed by atoms with Gasteiger partial charge in [-0.2, -0.15) is 25.6 Å². The van der Waals surface area contributed by atoms with E-state index in [1.165, 1.54) is 0 Å². The number of carbonyl (C=O) groups is 4. The monoisotopic (exact) mass is 910 g/mol. The van der Waals surface area contributed by atoms with E-state index in [1.54, 1.807) is 0 Å². The van der Waals surface area contributed by atoms with Crippen LogP contribution in [0.25, 0.3) is 0 Å². The number of rotatable bonds is 7. The molecule has 0 bridgehead atoms. The molecule has 1 unspecified atom stereocenters. The van der Waals surface area contributed by atoms with Crippen molar-refractivity contribution in [2.24, 2.45) is 0 Å². The zero-order valence-corrected chi connectivity index (χ0v) is 28.4. The lowest BCUT2D eigenvalue weighted by Crippen LogP contribution is -2.18. The van der Waals surface area contributed by atoms with Crippen molar-refractivity contribution in [3.63, 3.8) is 0 Å². The summed E-state index contributed by atoms with van der Waals surface area (Å²) >= 11 is 9.74. The Morgan fingerprint density at radius 1 is 0.680 bits per heavy atom. The van der Waals surface area contributed by atoms with Crippen LogP contribution in [0.5, 0.6) is 0 Å². The SMILES string of the molecule is O=C(Cl)c1c(F)c(F)c(S(=O)(=O)Cl)c(F)c1F.O=C(Cl)c1ccc(S(=O)(=O)Cl)c(F)c1.O=C(F)C(F)S(=O)(=O)F.O=C(F)CF.O=S(=O)(F)F. The summed E-state index contributed by atoms with van der Waals surface area (Å²) < 4.78 is 218. The zero-order valence-electron chi connectivity index (χ0n) is 22.1. The summed E-state index contributed by atoms with van der Waals surface area (Å²) in [7, 11) is -11.1. The fraction of sp³-hybridized carbons (Fsp3) is 0.111. The van der Waals surface area contributed by atoms with Gasteiger partial charge < -0.3 is 0 Å².